The van der Waals surface area contributed by atoms with Gasteiger partial charge in [-0.05, 0) is 12.0 Å². The summed E-state index contributed by atoms with van der Waals surface area (Å²) >= 11 is 0. The monoisotopic (exact) mass is 270 g/mol. The van der Waals surface area contributed by atoms with Gasteiger partial charge in [0.15, 0.2) is 0 Å². The van der Waals surface area contributed by atoms with Gasteiger partial charge in [-0.3, -0.25) is 14.5 Å². The first-order valence-electron chi connectivity index (χ1n) is 6.51. The lowest BCUT2D eigenvalue weighted by Crippen LogP contribution is -2.30. The Morgan fingerprint density at radius 1 is 1.20 bits per heavy atom. The van der Waals surface area contributed by atoms with Crippen molar-refractivity contribution in [2.24, 2.45) is 5.92 Å². The van der Waals surface area contributed by atoms with E-state index in [0.29, 0.717) is 12.1 Å². The van der Waals surface area contributed by atoms with Crippen molar-refractivity contribution in [2.75, 3.05) is 0 Å². The molecule has 0 spiro atoms. The first kappa shape index (κ1) is 12.6. The molecule has 1 aliphatic heterocycles. The zero-order valence-corrected chi connectivity index (χ0v) is 10.9. The summed E-state index contributed by atoms with van der Waals surface area (Å²) in [5.41, 5.74) is 1.66. The number of likely N-dealkylation sites (tertiary alicyclic amines) is 1. The molecule has 1 aromatic carbocycles. The molecule has 0 bridgehead atoms. The standard InChI is InChI=1S/C15H14N2O3/c18-14-9-12(8-11-4-2-1-3-5-11)15(19)17(14)10-13-6-7-20-16-13/h1-7,12H,8-10H2. The van der Waals surface area contributed by atoms with Gasteiger partial charge in [0, 0.05) is 12.5 Å². The molecular formula is C15H14N2O3. The predicted molar refractivity (Wildman–Crippen MR) is 70.3 cm³/mol. The van der Waals surface area contributed by atoms with E-state index >= 15 is 0 Å². The maximum atomic E-state index is 12.3. The minimum Gasteiger partial charge on any atom is -0.364 e. The Hall–Kier alpha value is -2.43. The number of carbonyl (C=O) groups is 2. The molecule has 1 aromatic heterocycles. The van der Waals surface area contributed by atoms with Crippen molar-refractivity contribution in [1.82, 2.24) is 10.1 Å². The van der Waals surface area contributed by atoms with Gasteiger partial charge in [0.05, 0.1) is 12.5 Å². The van der Waals surface area contributed by atoms with E-state index in [0.717, 1.165) is 5.56 Å². The van der Waals surface area contributed by atoms with Gasteiger partial charge in [0.1, 0.15) is 12.0 Å². The second kappa shape index (κ2) is 5.28. The average Bonchev–Trinajstić information content (AvgIpc) is 3.05. The second-order valence-corrected chi connectivity index (χ2v) is 4.90. The van der Waals surface area contributed by atoms with Gasteiger partial charge in [0.2, 0.25) is 11.8 Å². The molecule has 3 rings (SSSR count). The lowest BCUT2D eigenvalue weighted by Gasteiger charge is -2.13. The number of benzene rings is 1. The Bertz CT molecular complexity index is 607. The van der Waals surface area contributed by atoms with Crippen LogP contribution in [0.5, 0.6) is 0 Å². The molecule has 2 amide bonds. The summed E-state index contributed by atoms with van der Waals surface area (Å²) in [6.07, 6.45) is 2.30. The van der Waals surface area contributed by atoms with Crippen LogP contribution in [0.1, 0.15) is 17.7 Å². The Kier molecular flexibility index (Phi) is 3.33. The van der Waals surface area contributed by atoms with E-state index < -0.39 is 0 Å². The lowest BCUT2D eigenvalue weighted by atomic mass is 9.98. The number of hydrogen-bond donors (Lipinski definition) is 0. The molecule has 5 nitrogen and oxygen atoms in total. The molecule has 102 valence electrons. The van der Waals surface area contributed by atoms with E-state index in [-0.39, 0.29) is 30.7 Å². The topological polar surface area (TPSA) is 63.4 Å². The van der Waals surface area contributed by atoms with Crippen LogP contribution in [0.2, 0.25) is 0 Å². The third-order valence-corrected chi connectivity index (χ3v) is 3.47. The van der Waals surface area contributed by atoms with Crippen molar-refractivity contribution >= 4 is 11.8 Å². The normalized spacial score (nSPS) is 18.8. The number of nitrogens with zero attached hydrogens (tertiary/aromatic N) is 2. The highest BCUT2D eigenvalue weighted by Crippen LogP contribution is 2.24. The summed E-state index contributed by atoms with van der Waals surface area (Å²) in [6.45, 7) is 0.194. The number of imide groups is 1. The molecule has 0 radical (unpaired) electrons. The SMILES string of the molecule is O=C1CC(Cc2ccccc2)C(=O)N1Cc1ccon1. The summed E-state index contributed by atoms with van der Waals surface area (Å²) in [5.74, 6) is -0.530. The zero-order valence-electron chi connectivity index (χ0n) is 10.9. The number of aromatic nitrogens is 1. The molecule has 1 saturated heterocycles. The molecule has 1 atom stereocenters. The highest BCUT2D eigenvalue weighted by atomic mass is 16.5. The largest absolute Gasteiger partial charge is 0.364 e. The van der Waals surface area contributed by atoms with Crippen LogP contribution in [0.4, 0.5) is 0 Å². The fourth-order valence-electron chi connectivity index (χ4n) is 2.46. The van der Waals surface area contributed by atoms with Crippen molar-refractivity contribution in [3.8, 4) is 0 Å². The van der Waals surface area contributed by atoms with Crippen LogP contribution >= 0.6 is 0 Å². The molecule has 20 heavy (non-hydrogen) atoms. The third kappa shape index (κ3) is 2.47. The fourth-order valence-corrected chi connectivity index (χ4v) is 2.46. The van der Waals surface area contributed by atoms with E-state index in [2.05, 4.69) is 5.16 Å². The van der Waals surface area contributed by atoms with Crippen molar-refractivity contribution in [1.29, 1.82) is 0 Å². The van der Waals surface area contributed by atoms with E-state index in [1.807, 2.05) is 30.3 Å². The molecule has 1 unspecified atom stereocenters. The molecule has 2 aromatic rings. The summed E-state index contributed by atoms with van der Waals surface area (Å²) in [7, 11) is 0. The van der Waals surface area contributed by atoms with E-state index in [1.165, 1.54) is 11.2 Å². The Morgan fingerprint density at radius 3 is 2.70 bits per heavy atom. The Labute approximate surface area is 116 Å². The average molecular weight is 270 g/mol. The van der Waals surface area contributed by atoms with Gasteiger partial charge in [0.25, 0.3) is 0 Å². The van der Waals surface area contributed by atoms with Crippen LogP contribution in [0.15, 0.2) is 47.2 Å². The molecule has 2 heterocycles. The minimum atomic E-state index is -0.267. The van der Waals surface area contributed by atoms with Gasteiger partial charge in [-0.15, -0.1) is 0 Å². The number of carbonyl (C=O) groups excluding carboxylic acids is 2. The first-order chi connectivity index (χ1) is 9.74. The van der Waals surface area contributed by atoms with Crippen LogP contribution in [-0.2, 0) is 22.6 Å². The fraction of sp³-hybridized carbons (Fsp3) is 0.267. The quantitative estimate of drug-likeness (QED) is 0.795. The number of rotatable bonds is 4. The molecule has 0 saturated carbocycles. The van der Waals surface area contributed by atoms with E-state index in [9.17, 15) is 9.59 Å². The van der Waals surface area contributed by atoms with E-state index in [1.54, 1.807) is 6.07 Å². The smallest absolute Gasteiger partial charge is 0.233 e. The van der Waals surface area contributed by atoms with Crippen molar-refractivity contribution in [2.45, 2.75) is 19.4 Å². The van der Waals surface area contributed by atoms with Crippen LogP contribution < -0.4 is 0 Å². The first-order valence-corrected chi connectivity index (χ1v) is 6.51. The summed E-state index contributed by atoms with van der Waals surface area (Å²) in [4.78, 5) is 25.5. The number of hydrogen-bond acceptors (Lipinski definition) is 4. The maximum absolute atomic E-state index is 12.3. The zero-order chi connectivity index (χ0) is 13.9. The molecule has 0 N–H and O–H groups in total. The van der Waals surface area contributed by atoms with Gasteiger partial charge in [-0.25, -0.2) is 0 Å². The van der Waals surface area contributed by atoms with Gasteiger partial charge in [-0.1, -0.05) is 35.5 Å². The molecular weight excluding hydrogens is 256 g/mol. The Morgan fingerprint density at radius 2 is 2.00 bits per heavy atom. The number of amides is 2. The summed E-state index contributed by atoms with van der Waals surface area (Å²) in [6, 6.07) is 11.4. The van der Waals surface area contributed by atoms with Crippen LogP contribution in [0, 0.1) is 5.92 Å². The molecule has 0 aliphatic carbocycles. The highest BCUT2D eigenvalue weighted by molar-refractivity contribution is 6.03. The maximum Gasteiger partial charge on any atom is 0.233 e. The lowest BCUT2D eigenvalue weighted by molar-refractivity contribution is -0.140. The summed E-state index contributed by atoms with van der Waals surface area (Å²) < 4.78 is 4.72. The highest BCUT2D eigenvalue weighted by Gasteiger charge is 2.38. The minimum absolute atomic E-state index is 0.123. The second-order valence-electron chi connectivity index (χ2n) is 4.90. The summed E-state index contributed by atoms with van der Waals surface area (Å²) in [5, 5.41) is 3.74. The predicted octanol–water partition coefficient (Wildman–Crippen LogP) is 1.79. The van der Waals surface area contributed by atoms with Gasteiger partial charge < -0.3 is 4.52 Å². The van der Waals surface area contributed by atoms with Crippen molar-refractivity contribution in [3.63, 3.8) is 0 Å². The van der Waals surface area contributed by atoms with E-state index in [4.69, 9.17) is 4.52 Å². The molecule has 1 aliphatic rings. The molecule has 5 heteroatoms. The van der Waals surface area contributed by atoms with Crippen LogP contribution in [-0.4, -0.2) is 21.9 Å². The van der Waals surface area contributed by atoms with Crippen molar-refractivity contribution < 1.29 is 14.1 Å². The van der Waals surface area contributed by atoms with Gasteiger partial charge >= 0.3 is 0 Å². The van der Waals surface area contributed by atoms with Crippen LogP contribution in [0.3, 0.4) is 0 Å². The van der Waals surface area contributed by atoms with Gasteiger partial charge in [-0.2, -0.15) is 0 Å². The third-order valence-electron chi connectivity index (χ3n) is 3.47. The molecule has 1 fully saturated rings. The van der Waals surface area contributed by atoms with Crippen LogP contribution in [0.25, 0.3) is 0 Å². The van der Waals surface area contributed by atoms with Crippen molar-refractivity contribution in [3.05, 3.63) is 53.9 Å². The Balaban J connectivity index is 1.70.